The van der Waals surface area contributed by atoms with Crippen molar-refractivity contribution in [1.82, 2.24) is 10.3 Å². The van der Waals surface area contributed by atoms with Gasteiger partial charge in [0.2, 0.25) is 0 Å². The quantitative estimate of drug-likeness (QED) is 0.872. The molecule has 0 aromatic carbocycles. The van der Waals surface area contributed by atoms with Crippen molar-refractivity contribution in [2.75, 3.05) is 11.9 Å². The van der Waals surface area contributed by atoms with Crippen molar-refractivity contribution in [1.29, 1.82) is 0 Å². The number of hydrogen-bond acceptors (Lipinski definition) is 3. The highest BCUT2D eigenvalue weighted by Gasteiger charge is 2.18. The lowest BCUT2D eigenvalue weighted by Gasteiger charge is -2.23. The van der Waals surface area contributed by atoms with Crippen LogP contribution >= 0.6 is 11.6 Å². The minimum absolute atomic E-state index is 0.0937. The van der Waals surface area contributed by atoms with Gasteiger partial charge in [-0.25, -0.2) is 4.98 Å². The average Bonchev–Trinajstić information content (AvgIpc) is 2.47. The smallest absolute Gasteiger partial charge is 0.253 e. The molecule has 0 atom stereocenters. The molecule has 2 N–H and O–H groups in total. The zero-order valence-corrected chi connectivity index (χ0v) is 12.7. The molecular weight excluding hydrogens is 274 g/mol. The van der Waals surface area contributed by atoms with E-state index in [0.717, 1.165) is 25.8 Å². The van der Waals surface area contributed by atoms with Crippen LogP contribution in [-0.4, -0.2) is 23.5 Å². The highest BCUT2D eigenvalue weighted by molar-refractivity contribution is 6.33. The summed E-state index contributed by atoms with van der Waals surface area (Å²) in [6.07, 6.45) is 8.33. The van der Waals surface area contributed by atoms with Gasteiger partial charge in [-0.2, -0.15) is 0 Å². The largest absolute Gasteiger partial charge is 0.370 e. The molecule has 0 unspecified atom stereocenters. The van der Waals surface area contributed by atoms with Crippen molar-refractivity contribution in [3.05, 3.63) is 22.8 Å². The van der Waals surface area contributed by atoms with Crippen molar-refractivity contribution in [3.8, 4) is 0 Å². The first kappa shape index (κ1) is 15.1. The fourth-order valence-electron chi connectivity index (χ4n) is 2.47. The lowest BCUT2D eigenvalue weighted by Crippen LogP contribution is -2.36. The van der Waals surface area contributed by atoms with E-state index >= 15 is 0 Å². The molecule has 2 rings (SSSR count). The van der Waals surface area contributed by atoms with E-state index in [1.165, 1.54) is 25.5 Å². The molecule has 1 aromatic heterocycles. The third-order valence-corrected chi connectivity index (χ3v) is 3.90. The summed E-state index contributed by atoms with van der Waals surface area (Å²) in [5.74, 6) is 0.605. The van der Waals surface area contributed by atoms with Crippen LogP contribution in [0.5, 0.6) is 0 Å². The number of anilines is 1. The van der Waals surface area contributed by atoms with E-state index in [0.29, 0.717) is 16.4 Å². The first-order chi connectivity index (χ1) is 9.70. The van der Waals surface area contributed by atoms with Crippen molar-refractivity contribution in [2.45, 2.75) is 51.5 Å². The number of halogens is 1. The number of rotatable bonds is 5. The number of hydrogen-bond donors (Lipinski definition) is 2. The summed E-state index contributed by atoms with van der Waals surface area (Å²) >= 11 is 6.09. The average molecular weight is 296 g/mol. The Balaban J connectivity index is 2.03. The van der Waals surface area contributed by atoms with Gasteiger partial charge in [-0.05, 0) is 25.3 Å². The van der Waals surface area contributed by atoms with Crippen LogP contribution in [0, 0.1) is 0 Å². The normalized spacial score (nSPS) is 15.9. The van der Waals surface area contributed by atoms with Crippen LogP contribution in [0.3, 0.4) is 0 Å². The Morgan fingerprint density at radius 2 is 2.15 bits per heavy atom. The van der Waals surface area contributed by atoms with Gasteiger partial charge in [0.15, 0.2) is 0 Å². The molecule has 20 heavy (non-hydrogen) atoms. The van der Waals surface area contributed by atoms with Crippen LogP contribution in [0.25, 0.3) is 0 Å². The first-order valence-corrected chi connectivity index (χ1v) is 7.78. The van der Waals surface area contributed by atoms with E-state index in [9.17, 15) is 4.79 Å². The summed E-state index contributed by atoms with van der Waals surface area (Å²) < 4.78 is 0. The molecule has 1 saturated carbocycles. The molecule has 0 saturated heterocycles. The predicted octanol–water partition coefficient (Wildman–Crippen LogP) is 3.62. The molecule has 1 aromatic rings. The van der Waals surface area contributed by atoms with Gasteiger partial charge in [0.05, 0.1) is 10.6 Å². The topological polar surface area (TPSA) is 54.0 Å². The van der Waals surface area contributed by atoms with Crippen molar-refractivity contribution >= 4 is 23.3 Å². The van der Waals surface area contributed by atoms with Gasteiger partial charge < -0.3 is 10.6 Å². The van der Waals surface area contributed by atoms with E-state index in [2.05, 4.69) is 22.5 Å². The molecule has 5 heteroatoms. The first-order valence-electron chi connectivity index (χ1n) is 7.41. The van der Waals surface area contributed by atoms with Crippen LogP contribution in [-0.2, 0) is 0 Å². The predicted molar refractivity (Wildman–Crippen MR) is 82.4 cm³/mol. The summed E-state index contributed by atoms with van der Waals surface area (Å²) in [5, 5.41) is 6.65. The Morgan fingerprint density at radius 3 is 2.85 bits per heavy atom. The second-order valence-electron chi connectivity index (χ2n) is 5.28. The summed E-state index contributed by atoms with van der Waals surface area (Å²) in [4.78, 5) is 16.5. The Labute approximate surface area is 125 Å². The third kappa shape index (κ3) is 4.10. The van der Waals surface area contributed by atoms with E-state index in [1.807, 2.05) is 0 Å². The summed E-state index contributed by atoms with van der Waals surface area (Å²) in [6, 6.07) is 2.02. The highest BCUT2D eigenvalue weighted by Crippen LogP contribution is 2.21. The summed E-state index contributed by atoms with van der Waals surface area (Å²) in [5.41, 5.74) is 0.505. The van der Waals surface area contributed by atoms with Crippen LogP contribution in [0.1, 0.15) is 55.8 Å². The number of nitrogens with zero attached hydrogens (tertiary/aromatic N) is 1. The van der Waals surface area contributed by atoms with Crippen LogP contribution < -0.4 is 10.6 Å². The molecule has 1 heterocycles. The fraction of sp³-hybridized carbons (Fsp3) is 0.600. The molecular formula is C15H22ClN3O. The number of pyridine rings is 1. The van der Waals surface area contributed by atoms with Crippen LogP contribution in [0.15, 0.2) is 12.3 Å². The number of carbonyl (C=O) groups excluding carboxylic acids is 1. The summed E-state index contributed by atoms with van der Waals surface area (Å²) in [7, 11) is 0. The molecule has 0 aliphatic heterocycles. The van der Waals surface area contributed by atoms with Gasteiger partial charge in [-0.1, -0.05) is 37.8 Å². The minimum atomic E-state index is -0.0937. The SMILES string of the molecule is CCCNc1cc(C(=O)NC2CCCCC2)c(Cl)cn1. The van der Waals surface area contributed by atoms with Gasteiger partial charge in [0, 0.05) is 18.8 Å². The minimum Gasteiger partial charge on any atom is -0.370 e. The number of nitrogens with one attached hydrogen (secondary N) is 2. The monoisotopic (exact) mass is 295 g/mol. The Hall–Kier alpha value is -1.29. The Bertz CT molecular complexity index is 458. The molecule has 1 amide bonds. The molecule has 110 valence electrons. The summed E-state index contributed by atoms with van der Waals surface area (Å²) in [6.45, 7) is 2.91. The lowest BCUT2D eigenvalue weighted by atomic mass is 9.95. The molecule has 0 bridgehead atoms. The maximum atomic E-state index is 12.3. The number of amides is 1. The highest BCUT2D eigenvalue weighted by atomic mass is 35.5. The molecule has 1 fully saturated rings. The van der Waals surface area contributed by atoms with E-state index in [4.69, 9.17) is 11.6 Å². The zero-order chi connectivity index (χ0) is 14.4. The van der Waals surface area contributed by atoms with E-state index in [-0.39, 0.29) is 11.9 Å². The third-order valence-electron chi connectivity index (χ3n) is 3.60. The maximum absolute atomic E-state index is 12.3. The second kappa shape index (κ2) is 7.48. The van der Waals surface area contributed by atoms with Crippen molar-refractivity contribution in [2.24, 2.45) is 0 Å². The van der Waals surface area contributed by atoms with Gasteiger partial charge in [0.25, 0.3) is 5.91 Å². The van der Waals surface area contributed by atoms with E-state index in [1.54, 1.807) is 6.07 Å². The van der Waals surface area contributed by atoms with Gasteiger partial charge >= 0.3 is 0 Å². The second-order valence-corrected chi connectivity index (χ2v) is 5.69. The lowest BCUT2D eigenvalue weighted by molar-refractivity contribution is 0.0928. The maximum Gasteiger partial charge on any atom is 0.253 e. The van der Waals surface area contributed by atoms with Crippen LogP contribution in [0.2, 0.25) is 5.02 Å². The van der Waals surface area contributed by atoms with Gasteiger partial charge in [-0.15, -0.1) is 0 Å². The molecule has 0 spiro atoms. The van der Waals surface area contributed by atoms with Crippen molar-refractivity contribution < 1.29 is 4.79 Å². The zero-order valence-electron chi connectivity index (χ0n) is 11.9. The number of carbonyl (C=O) groups is 1. The Kier molecular flexibility index (Phi) is 5.65. The Morgan fingerprint density at radius 1 is 1.40 bits per heavy atom. The molecule has 4 nitrogen and oxygen atoms in total. The molecule has 1 aliphatic carbocycles. The molecule has 0 radical (unpaired) electrons. The van der Waals surface area contributed by atoms with E-state index < -0.39 is 0 Å². The number of aromatic nitrogens is 1. The van der Waals surface area contributed by atoms with Crippen LogP contribution in [0.4, 0.5) is 5.82 Å². The fourth-order valence-corrected chi connectivity index (χ4v) is 2.66. The standard InChI is InChI=1S/C15H22ClN3O/c1-2-8-17-14-9-12(13(16)10-18-14)15(20)19-11-6-4-3-5-7-11/h9-11H,2-8H2,1H3,(H,17,18)(H,19,20). The van der Waals surface area contributed by atoms with Gasteiger partial charge in [-0.3, -0.25) is 4.79 Å². The van der Waals surface area contributed by atoms with Crippen molar-refractivity contribution in [3.63, 3.8) is 0 Å². The molecule has 1 aliphatic rings. The van der Waals surface area contributed by atoms with Gasteiger partial charge in [0.1, 0.15) is 5.82 Å².